The predicted molar refractivity (Wildman–Crippen MR) is 128 cm³/mol. The van der Waals surface area contributed by atoms with E-state index in [-0.39, 0.29) is 10.8 Å². The third-order valence-electron chi connectivity index (χ3n) is 6.55. The van der Waals surface area contributed by atoms with Crippen LogP contribution in [0.3, 0.4) is 0 Å². The highest BCUT2D eigenvalue weighted by atomic mass is 35.5. The molecule has 2 aromatic rings. The van der Waals surface area contributed by atoms with Gasteiger partial charge in [0.15, 0.2) is 0 Å². The van der Waals surface area contributed by atoms with E-state index in [9.17, 15) is 4.79 Å². The first kappa shape index (κ1) is 21.5. The molecule has 2 aliphatic rings. The lowest BCUT2D eigenvalue weighted by atomic mass is 9.87. The molecule has 2 heterocycles. The molecule has 0 aliphatic carbocycles. The van der Waals surface area contributed by atoms with Crippen molar-refractivity contribution < 1.29 is 4.79 Å². The van der Waals surface area contributed by atoms with Crippen molar-refractivity contribution in [2.45, 2.75) is 51.4 Å². The topological polar surface area (TPSA) is 23.6 Å². The van der Waals surface area contributed by atoms with Gasteiger partial charge in [-0.2, -0.15) is 0 Å². The molecule has 0 spiro atoms. The maximum absolute atomic E-state index is 12.7. The number of Topliss-reactive ketones (excluding diaryl/α,β-unsaturated/α-hetero) is 1. The molecular weight excluding hydrogens is 415 g/mol. The van der Waals surface area contributed by atoms with Gasteiger partial charge in [-0.15, -0.1) is 0 Å². The second-order valence-electron chi connectivity index (χ2n) is 9.97. The van der Waals surface area contributed by atoms with Crippen LogP contribution < -0.4 is 9.80 Å². The van der Waals surface area contributed by atoms with Gasteiger partial charge in [-0.05, 0) is 35.4 Å². The molecule has 0 radical (unpaired) electrons. The summed E-state index contributed by atoms with van der Waals surface area (Å²) in [6.45, 7) is 12.3. The second-order valence-corrected chi connectivity index (χ2v) is 10.8. The molecule has 0 amide bonds. The number of halogens is 2. The van der Waals surface area contributed by atoms with Crippen molar-refractivity contribution in [3.05, 3.63) is 57.6 Å². The van der Waals surface area contributed by atoms with Crippen LogP contribution in [0.5, 0.6) is 0 Å². The van der Waals surface area contributed by atoms with E-state index in [4.69, 9.17) is 23.2 Å². The quantitative estimate of drug-likeness (QED) is 0.526. The lowest BCUT2D eigenvalue weighted by molar-refractivity contribution is -0.118. The Labute approximate surface area is 190 Å². The largest absolute Gasteiger partial charge is 0.370 e. The highest BCUT2D eigenvalue weighted by Gasteiger charge is 2.36. The zero-order valence-corrected chi connectivity index (χ0v) is 19.8. The van der Waals surface area contributed by atoms with Crippen molar-refractivity contribution >= 4 is 40.4 Å². The van der Waals surface area contributed by atoms with E-state index < -0.39 is 0 Å². The predicted octanol–water partition coefficient (Wildman–Crippen LogP) is 6.24. The van der Waals surface area contributed by atoms with Crippen LogP contribution in [0.15, 0.2) is 36.4 Å². The number of nitrogens with zero attached hydrogens (tertiary/aromatic N) is 2. The molecule has 0 N–H and O–H groups in total. The van der Waals surface area contributed by atoms with Crippen LogP contribution >= 0.6 is 23.2 Å². The van der Waals surface area contributed by atoms with E-state index in [0.29, 0.717) is 18.6 Å². The van der Waals surface area contributed by atoms with E-state index in [1.54, 1.807) is 0 Å². The monoisotopic (exact) mass is 444 g/mol. The van der Waals surface area contributed by atoms with Crippen molar-refractivity contribution in [2.75, 3.05) is 36.0 Å². The summed E-state index contributed by atoms with van der Waals surface area (Å²) in [6, 6.07) is 12.2. The lowest BCUT2D eigenvalue weighted by Crippen LogP contribution is -2.32. The summed E-state index contributed by atoms with van der Waals surface area (Å²) in [6.07, 6.45) is 1.11. The standard InChI is InChI=1S/C25H30Cl2N2O/c1-24(2)15-28(22-13-17(26)5-7-20(22)24)11-9-19(30)10-12-29-16-25(3,4)21-8-6-18(27)14-23(21)29/h5-8,13-14H,9-12,15-16H2,1-4H3. The summed E-state index contributed by atoms with van der Waals surface area (Å²) in [7, 11) is 0. The first-order chi connectivity index (χ1) is 14.1. The van der Waals surface area contributed by atoms with Gasteiger partial charge in [-0.25, -0.2) is 0 Å². The van der Waals surface area contributed by atoms with Crippen LogP contribution in [-0.4, -0.2) is 32.0 Å². The molecule has 0 saturated heterocycles. The lowest BCUT2D eigenvalue weighted by Gasteiger charge is -2.23. The third kappa shape index (κ3) is 4.07. The molecule has 4 rings (SSSR count). The Hall–Kier alpha value is -1.71. The second kappa shape index (κ2) is 7.76. The summed E-state index contributed by atoms with van der Waals surface area (Å²) in [5, 5.41) is 1.49. The number of carbonyl (C=O) groups is 1. The molecule has 160 valence electrons. The Morgan fingerprint density at radius 3 is 1.60 bits per heavy atom. The number of anilines is 2. The minimum absolute atomic E-state index is 0.0765. The fourth-order valence-corrected chi connectivity index (χ4v) is 5.35. The van der Waals surface area contributed by atoms with Crippen molar-refractivity contribution in [3.8, 4) is 0 Å². The average molecular weight is 445 g/mol. The number of benzene rings is 2. The summed E-state index contributed by atoms with van der Waals surface area (Å²) in [5.41, 5.74) is 5.12. The molecule has 0 unspecified atom stereocenters. The van der Waals surface area contributed by atoms with Crippen molar-refractivity contribution in [1.29, 1.82) is 0 Å². The summed E-state index contributed by atoms with van der Waals surface area (Å²) in [4.78, 5) is 17.4. The van der Waals surface area contributed by atoms with Gasteiger partial charge in [0, 0.05) is 71.3 Å². The SMILES string of the molecule is CC1(C)CN(CCC(=O)CCN2CC(C)(C)c3ccc(Cl)cc32)c2cc(Cl)ccc21. The maximum atomic E-state index is 12.7. The molecule has 0 fully saturated rings. The van der Waals surface area contributed by atoms with Crippen LogP contribution in [0.2, 0.25) is 10.0 Å². The van der Waals surface area contributed by atoms with Gasteiger partial charge in [0.1, 0.15) is 5.78 Å². The van der Waals surface area contributed by atoms with Gasteiger partial charge in [0.2, 0.25) is 0 Å². The molecule has 3 nitrogen and oxygen atoms in total. The summed E-state index contributed by atoms with van der Waals surface area (Å²) in [5.74, 6) is 0.302. The average Bonchev–Trinajstić information content (AvgIpc) is 3.07. The fourth-order valence-electron chi connectivity index (χ4n) is 5.02. The van der Waals surface area contributed by atoms with Crippen LogP contribution in [0.4, 0.5) is 11.4 Å². The van der Waals surface area contributed by atoms with Crippen LogP contribution in [0.25, 0.3) is 0 Å². The van der Waals surface area contributed by atoms with E-state index >= 15 is 0 Å². The number of rotatable bonds is 6. The van der Waals surface area contributed by atoms with Gasteiger partial charge >= 0.3 is 0 Å². The molecule has 5 heteroatoms. The molecule has 2 aromatic carbocycles. The Balaban J connectivity index is 1.36. The zero-order chi connectivity index (χ0) is 21.7. The van der Waals surface area contributed by atoms with Crippen molar-refractivity contribution in [1.82, 2.24) is 0 Å². The van der Waals surface area contributed by atoms with Crippen LogP contribution in [-0.2, 0) is 15.6 Å². The van der Waals surface area contributed by atoms with Gasteiger partial charge in [-0.1, -0.05) is 63.0 Å². The Bertz CT molecular complexity index is 906. The summed E-state index contributed by atoms with van der Waals surface area (Å²) < 4.78 is 0. The number of hydrogen-bond donors (Lipinski definition) is 0. The van der Waals surface area contributed by atoms with E-state index in [1.807, 2.05) is 24.3 Å². The van der Waals surface area contributed by atoms with Crippen molar-refractivity contribution in [3.63, 3.8) is 0 Å². The zero-order valence-electron chi connectivity index (χ0n) is 18.3. The highest BCUT2D eigenvalue weighted by molar-refractivity contribution is 6.31. The Morgan fingerprint density at radius 1 is 0.800 bits per heavy atom. The Kier molecular flexibility index (Phi) is 5.57. The van der Waals surface area contributed by atoms with Crippen LogP contribution in [0.1, 0.15) is 51.7 Å². The minimum Gasteiger partial charge on any atom is -0.370 e. The molecule has 0 saturated carbocycles. The Morgan fingerprint density at radius 2 is 1.20 bits per heavy atom. The molecule has 0 bridgehead atoms. The highest BCUT2D eigenvalue weighted by Crippen LogP contribution is 2.43. The normalized spacial score (nSPS) is 18.5. The third-order valence-corrected chi connectivity index (χ3v) is 7.02. The summed E-state index contributed by atoms with van der Waals surface area (Å²) >= 11 is 12.5. The van der Waals surface area contributed by atoms with E-state index in [1.165, 1.54) is 22.5 Å². The van der Waals surface area contributed by atoms with Gasteiger partial charge in [0.25, 0.3) is 0 Å². The molecule has 2 aliphatic heterocycles. The van der Waals surface area contributed by atoms with E-state index in [0.717, 1.165) is 36.2 Å². The van der Waals surface area contributed by atoms with E-state index in [2.05, 4.69) is 49.6 Å². The minimum atomic E-state index is 0.0765. The number of ketones is 1. The van der Waals surface area contributed by atoms with Gasteiger partial charge < -0.3 is 9.80 Å². The van der Waals surface area contributed by atoms with Gasteiger partial charge in [-0.3, -0.25) is 4.79 Å². The molecular formula is C25H30Cl2N2O. The molecule has 30 heavy (non-hydrogen) atoms. The maximum Gasteiger partial charge on any atom is 0.136 e. The fraction of sp³-hybridized carbons (Fsp3) is 0.480. The van der Waals surface area contributed by atoms with Crippen LogP contribution in [0, 0.1) is 0 Å². The smallest absolute Gasteiger partial charge is 0.136 e. The van der Waals surface area contributed by atoms with Crippen molar-refractivity contribution in [2.24, 2.45) is 0 Å². The first-order valence-corrected chi connectivity index (χ1v) is 11.4. The molecule has 0 atom stereocenters. The first-order valence-electron chi connectivity index (χ1n) is 10.7. The number of carbonyl (C=O) groups excluding carboxylic acids is 1. The van der Waals surface area contributed by atoms with Gasteiger partial charge in [0.05, 0.1) is 0 Å². The number of fused-ring (bicyclic) bond motifs is 2. The number of hydrogen-bond acceptors (Lipinski definition) is 3. The molecule has 0 aromatic heterocycles.